The second kappa shape index (κ2) is 7.12. The Hall–Kier alpha value is -1.95. The van der Waals surface area contributed by atoms with Crippen molar-refractivity contribution in [2.24, 2.45) is 5.41 Å². The van der Waals surface area contributed by atoms with Crippen LogP contribution in [0.1, 0.15) is 68.2 Å². The zero-order valence-corrected chi connectivity index (χ0v) is 15.6. The molecule has 1 fully saturated rings. The van der Waals surface area contributed by atoms with Gasteiger partial charge in [-0.1, -0.05) is 32.9 Å². The molecule has 1 amide bonds. The predicted molar refractivity (Wildman–Crippen MR) is 97.8 cm³/mol. The monoisotopic (exact) mass is 344 g/mol. The number of nitrogens with zero attached hydrogens (tertiary/aromatic N) is 2. The molecule has 0 bridgehead atoms. The number of rotatable bonds is 7. The first-order valence-electron chi connectivity index (χ1n) is 9.17. The lowest BCUT2D eigenvalue weighted by Gasteiger charge is -2.16. The number of nitrogens with one attached hydrogen (secondary N) is 2. The molecule has 0 spiro atoms. The van der Waals surface area contributed by atoms with Crippen LogP contribution in [0.15, 0.2) is 10.6 Å². The van der Waals surface area contributed by atoms with E-state index >= 15 is 0 Å². The number of pyridine rings is 1. The van der Waals surface area contributed by atoms with Crippen LogP contribution in [-0.2, 0) is 6.42 Å². The third kappa shape index (κ3) is 4.37. The summed E-state index contributed by atoms with van der Waals surface area (Å²) in [6.07, 6.45) is 2.99. The Kier molecular flexibility index (Phi) is 5.08. The van der Waals surface area contributed by atoms with Gasteiger partial charge in [0.05, 0.1) is 16.6 Å². The van der Waals surface area contributed by atoms with E-state index in [1.165, 1.54) is 0 Å². The molecule has 25 heavy (non-hydrogen) atoms. The van der Waals surface area contributed by atoms with Gasteiger partial charge in [0.1, 0.15) is 0 Å². The van der Waals surface area contributed by atoms with Gasteiger partial charge in [0.15, 0.2) is 0 Å². The van der Waals surface area contributed by atoms with Crippen molar-refractivity contribution < 1.29 is 9.32 Å². The maximum Gasteiger partial charge on any atom is 0.259 e. The quantitative estimate of drug-likeness (QED) is 0.755. The lowest BCUT2D eigenvalue weighted by atomic mass is 9.89. The SMILES string of the molecule is CCNCCNC(=O)c1cc(C2CC2)nc2onc(CC(C)(C)C)c12. The van der Waals surface area contributed by atoms with Crippen molar-refractivity contribution in [3.05, 3.63) is 23.0 Å². The highest BCUT2D eigenvalue weighted by Gasteiger charge is 2.29. The molecular formula is C19H28N4O2. The molecule has 0 atom stereocenters. The number of hydrogen-bond donors (Lipinski definition) is 2. The highest BCUT2D eigenvalue weighted by Crippen LogP contribution is 2.40. The molecule has 0 unspecified atom stereocenters. The lowest BCUT2D eigenvalue weighted by Crippen LogP contribution is -2.32. The van der Waals surface area contributed by atoms with Gasteiger partial charge in [-0.25, -0.2) is 4.98 Å². The second-order valence-electron chi connectivity index (χ2n) is 8.03. The van der Waals surface area contributed by atoms with Gasteiger partial charge in [0, 0.05) is 24.7 Å². The Morgan fingerprint density at radius 2 is 2.08 bits per heavy atom. The van der Waals surface area contributed by atoms with Crippen LogP contribution < -0.4 is 10.6 Å². The highest BCUT2D eigenvalue weighted by atomic mass is 16.5. The molecule has 3 rings (SSSR count). The van der Waals surface area contributed by atoms with Crippen LogP contribution in [0.4, 0.5) is 0 Å². The number of hydrogen-bond acceptors (Lipinski definition) is 5. The number of fused-ring (bicyclic) bond motifs is 1. The topological polar surface area (TPSA) is 80.0 Å². The van der Waals surface area contributed by atoms with Crippen LogP contribution >= 0.6 is 0 Å². The van der Waals surface area contributed by atoms with Gasteiger partial charge < -0.3 is 15.2 Å². The van der Waals surface area contributed by atoms with E-state index in [-0.39, 0.29) is 11.3 Å². The largest absolute Gasteiger partial charge is 0.351 e. The molecule has 2 aromatic rings. The average Bonchev–Trinajstić information content (AvgIpc) is 3.32. The summed E-state index contributed by atoms with van der Waals surface area (Å²) in [5.41, 5.74) is 2.94. The minimum atomic E-state index is -0.0782. The molecule has 0 saturated heterocycles. The van der Waals surface area contributed by atoms with E-state index in [0.29, 0.717) is 23.7 Å². The highest BCUT2D eigenvalue weighted by molar-refractivity contribution is 6.06. The summed E-state index contributed by atoms with van der Waals surface area (Å²) >= 11 is 0. The van der Waals surface area contributed by atoms with Crippen LogP contribution in [0.25, 0.3) is 11.1 Å². The van der Waals surface area contributed by atoms with E-state index in [2.05, 4.69) is 41.5 Å². The molecule has 2 heterocycles. The second-order valence-corrected chi connectivity index (χ2v) is 8.03. The lowest BCUT2D eigenvalue weighted by molar-refractivity contribution is 0.0955. The first-order chi connectivity index (χ1) is 11.9. The summed E-state index contributed by atoms with van der Waals surface area (Å²) in [5, 5.41) is 11.2. The summed E-state index contributed by atoms with van der Waals surface area (Å²) in [4.78, 5) is 17.4. The number of aromatic nitrogens is 2. The van der Waals surface area contributed by atoms with E-state index in [1.54, 1.807) is 0 Å². The Morgan fingerprint density at radius 3 is 2.72 bits per heavy atom. The molecule has 1 aliphatic rings. The van der Waals surface area contributed by atoms with Gasteiger partial charge in [-0.2, -0.15) is 0 Å². The van der Waals surface area contributed by atoms with Crippen LogP contribution in [0, 0.1) is 5.41 Å². The fraction of sp³-hybridized carbons (Fsp3) is 0.632. The van der Waals surface area contributed by atoms with Gasteiger partial charge in [-0.3, -0.25) is 4.79 Å². The zero-order valence-electron chi connectivity index (χ0n) is 15.6. The van der Waals surface area contributed by atoms with Gasteiger partial charge >= 0.3 is 0 Å². The third-order valence-electron chi connectivity index (χ3n) is 4.31. The fourth-order valence-electron chi connectivity index (χ4n) is 2.96. The summed E-state index contributed by atoms with van der Waals surface area (Å²) in [6.45, 7) is 10.7. The predicted octanol–water partition coefficient (Wildman–Crippen LogP) is 3.03. The molecule has 0 aromatic carbocycles. The third-order valence-corrected chi connectivity index (χ3v) is 4.31. The van der Waals surface area contributed by atoms with E-state index in [0.717, 1.165) is 49.1 Å². The normalized spacial score (nSPS) is 14.9. The summed E-state index contributed by atoms with van der Waals surface area (Å²) in [7, 11) is 0. The fourth-order valence-corrected chi connectivity index (χ4v) is 2.96. The van der Waals surface area contributed by atoms with Crippen molar-refractivity contribution in [3.63, 3.8) is 0 Å². The summed E-state index contributed by atoms with van der Waals surface area (Å²) in [6, 6.07) is 1.94. The Labute approximate surface area is 148 Å². The molecule has 2 aromatic heterocycles. The van der Waals surface area contributed by atoms with Crippen LogP contribution in [-0.4, -0.2) is 35.7 Å². The standard InChI is InChI=1S/C19H28N4O2/c1-5-20-8-9-21-17(24)13-10-14(12-6-7-12)22-18-16(13)15(23-25-18)11-19(2,3)4/h10,12,20H,5-9,11H2,1-4H3,(H,21,24). The average molecular weight is 344 g/mol. The van der Waals surface area contributed by atoms with Gasteiger partial charge in [0.2, 0.25) is 0 Å². The summed E-state index contributed by atoms with van der Waals surface area (Å²) < 4.78 is 5.49. The van der Waals surface area contributed by atoms with Crippen molar-refractivity contribution in [1.82, 2.24) is 20.8 Å². The van der Waals surface area contributed by atoms with E-state index in [9.17, 15) is 4.79 Å². The molecule has 136 valence electrons. The number of likely N-dealkylation sites (N-methyl/N-ethyl adjacent to an activating group) is 1. The Morgan fingerprint density at radius 1 is 1.32 bits per heavy atom. The zero-order chi connectivity index (χ0) is 18.0. The molecule has 0 radical (unpaired) electrons. The Bertz CT molecular complexity index is 757. The van der Waals surface area contributed by atoms with E-state index in [4.69, 9.17) is 4.52 Å². The first-order valence-corrected chi connectivity index (χ1v) is 9.17. The maximum absolute atomic E-state index is 12.8. The van der Waals surface area contributed by atoms with E-state index < -0.39 is 0 Å². The van der Waals surface area contributed by atoms with Gasteiger partial charge in [0.25, 0.3) is 11.6 Å². The molecule has 0 aliphatic heterocycles. The number of amides is 1. The van der Waals surface area contributed by atoms with E-state index in [1.807, 2.05) is 13.0 Å². The molecule has 1 aliphatic carbocycles. The van der Waals surface area contributed by atoms with Crippen molar-refractivity contribution >= 4 is 17.0 Å². The Balaban J connectivity index is 1.94. The van der Waals surface area contributed by atoms with Crippen LogP contribution in [0.2, 0.25) is 0 Å². The molecular weight excluding hydrogens is 316 g/mol. The maximum atomic E-state index is 12.8. The van der Waals surface area contributed by atoms with Crippen LogP contribution in [0.3, 0.4) is 0 Å². The van der Waals surface area contributed by atoms with Crippen molar-refractivity contribution in [3.8, 4) is 0 Å². The smallest absolute Gasteiger partial charge is 0.259 e. The van der Waals surface area contributed by atoms with Crippen molar-refractivity contribution in [2.45, 2.75) is 52.9 Å². The summed E-state index contributed by atoms with van der Waals surface area (Å²) in [5.74, 6) is 0.374. The number of carbonyl (C=O) groups excluding carboxylic acids is 1. The molecule has 1 saturated carbocycles. The first kappa shape index (κ1) is 17.9. The minimum Gasteiger partial charge on any atom is -0.351 e. The van der Waals surface area contributed by atoms with Crippen molar-refractivity contribution in [1.29, 1.82) is 0 Å². The van der Waals surface area contributed by atoms with Crippen molar-refractivity contribution in [2.75, 3.05) is 19.6 Å². The number of carbonyl (C=O) groups is 1. The van der Waals surface area contributed by atoms with Crippen LogP contribution in [0.5, 0.6) is 0 Å². The molecule has 6 nitrogen and oxygen atoms in total. The minimum absolute atomic E-state index is 0.0533. The molecule has 2 N–H and O–H groups in total. The van der Waals surface area contributed by atoms with Gasteiger partial charge in [-0.15, -0.1) is 0 Å². The molecule has 6 heteroatoms. The van der Waals surface area contributed by atoms with Gasteiger partial charge in [-0.05, 0) is 37.3 Å².